The van der Waals surface area contributed by atoms with Crippen LogP contribution in [0.15, 0.2) is 41.6 Å². The molecular weight excluding hydrogens is 304 g/mol. The number of hydrogen-bond donors (Lipinski definition) is 1. The Balaban J connectivity index is 2.38. The normalized spacial score (nSPS) is 17.7. The first-order valence-electron chi connectivity index (χ1n) is 8.61. The number of carbonyl (C=O) groups is 2. The lowest BCUT2D eigenvalue weighted by Gasteiger charge is -2.35. The van der Waals surface area contributed by atoms with Gasteiger partial charge < -0.3 is 10.1 Å². The molecule has 1 aliphatic rings. The third-order valence-electron chi connectivity index (χ3n) is 4.21. The molecular formula is C19H26N2O3. The fourth-order valence-electron chi connectivity index (χ4n) is 2.94. The number of unbranched alkanes of at least 4 members (excludes halogenated alkanes) is 2. The predicted octanol–water partition coefficient (Wildman–Crippen LogP) is 3.78. The second kappa shape index (κ2) is 8.52. The van der Waals surface area contributed by atoms with Crippen LogP contribution in [0.2, 0.25) is 0 Å². The largest absolute Gasteiger partial charge is 0.463 e. The summed E-state index contributed by atoms with van der Waals surface area (Å²) in [5.41, 5.74) is 2.07. The van der Waals surface area contributed by atoms with Gasteiger partial charge in [0.05, 0.1) is 18.2 Å². The molecule has 0 aliphatic carbocycles. The molecule has 1 aromatic rings. The SMILES string of the molecule is CCCCCN1C(=O)NC(c2ccccc2)C(C(=O)OCC)=C1C. The van der Waals surface area contributed by atoms with E-state index < -0.39 is 6.04 Å². The first kappa shape index (κ1) is 18.0. The minimum atomic E-state index is -0.472. The molecule has 1 atom stereocenters. The lowest BCUT2D eigenvalue weighted by molar-refractivity contribution is -0.139. The van der Waals surface area contributed by atoms with Gasteiger partial charge in [-0.15, -0.1) is 0 Å². The molecule has 0 radical (unpaired) electrons. The van der Waals surface area contributed by atoms with Gasteiger partial charge >= 0.3 is 12.0 Å². The van der Waals surface area contributed by atoms with Gasteiger partial charge in [-0.05, 0) is 25.8 Å². The van der Waals surface area contributed by atoms with Gasteiger partial charge in [0.15, 0.2) is 0 Å². The molecule has 1 aromatic carbocycles. The Hall–Kier alpha value is -2.30. The van der Waals surface area contributed by atoms with Crippen molar-refractivity contribution in [1.29, 1.82) is 0 Å². The van der Waals surface area contributed by atoms with E-state index in [2.05, 4.69) is 12.2 Å². The quantitative estimate of drug-likeness (QED) is 0.611. The highest BCUT2D eigenvalue weighted by molar-refractivity contribution is 5.95. The van der Waals surface area contributed by atoms with E-state index in [1.807, 2.05) is 37.3 Å². The lowest BCUT2D eigenvalue weighted by Crippen LogP contribution is -2.48. The van der Waals surface area contributed by atoms with Gasteiger partial charge in [0.2, 0.25) is 0 Å². The summed E-state index contributed by atoms with van der Waals surface area (Å²) in [6.45, 7) is 6.64. The van der Waals surface area contributed by atoms with Crippen LogP contribution in [0.5, 0.6) is 0 Å². The van der Waals surface area contributed by atoms with Crippen LogP contribution in [0.25, 0.3) is 0 Å². The highest BCUT2D eigenvalue weighted by atomic mass is 16.5. The van der Waals surface area contributed by atoms with Gasteiger partial charge in [0.1, 0.15) is 0 Å². The molecule has 2 rings (SSSR count). The molecule has 1 N–H and O–H groups in total. The molecule has 2 amide bonds. The van der Waals surface area contributed by atoms with Gasteiger partial charge in [-0.1, -0.05) is 50.1 Å². The minimum Gasteiger partial charge on any atom is -0.463 e. The summed E-state index contributed by atoms with van der Waals surface area (Å²) in [6.07, 6.45) is 3.04. The smallest absolute Gasteiger partial charge is 0.338 e. The number of nitrogens with zero attached hydrogens (tertiary/aromatic N) is 1. The number of benzene rings is 1. The molecule has 130 valence electrons. The Kier molecular flexibility index (Phi) is 6.41. The van der Waals surface area contributed by atoms with Crippen LogP contribution in [-0.4, -0.2) is 30.1 Å². The summed E-state index contributed by atoms with van der Waals surface area (Å²) in [4.78, 5) is 26.7. The first-order chi connectivity index (χ1) is 11.6. The van der Waals surface area contributed by atoms with E-state index in [1.165, 1.54) is 0 Å². The third kappa shape index (κ3) is 3.96. The van der Waals surface area contributed by atoms with E-state index in [0.29, 0.717) is 24.4 Å². The average Bonchev–Trinajstić information content (AvgIpc) is 2.58. The van der Waals surface area contributed by atoms with Crippen LogP contribution < -0.4 is 5.32 Å². The fourth-order valence-corrected chi connectivity index (χ4v) is 2.94. The fraction of sp³-hybridized carbons (Fsp3) is 0.474. The average molecular weight is 330 g/mol. The van der Waals surface area contributed by atoms with E-state index in [-0.39, 0.29) is 12.0 Å². The number of carbonyl (C=O) groups excluding carboxylic acids is 2. The van der Waals surface area contributed by atoms with Gasteiger partial charge in [-0.3, -0.25) is 4.90 Å². The molecule has 1 aliphatic heterocycles. The van der Waals surface area contributed by atoms with Gasteiger partial charge in [0.25, 0.3) is 0 Å². The first-order valence-corrected chi connectivity index (χ1v) is 8.61. The molecule has 1 heterocycles. The maximum absolute atomic E-state index is 12.5. The number of urea groups is 1. The van der Waals surface area contributed by atoms with Crippen LogP contribution in [0.1, 0.15) is 51.6 Å². The molecule has 24 heavy (non-hydrogen) atoms. The number of allylic oxidation sites excluding steroid dienone is 1. The van der Waals surface area contributed by atoms with Crippen LogP contribution >= 0.6 is 0 Å². The van der Waals surface area contributed by atoms with E-state index in [9.17, 15) is 9.59 Å². The second-order valence-corrected chi connectivity index (χ2v) is 5.87. The van der Waals surface area contributed by atoms with Crippen LogP contribution in [-0.2, 0) is 9.53 Å². The van der Waals surface area contributed by atoms with Crippen LogP contribution in [0.4, 0.5) is 4.79 Å². The number of esters is 1. The zero-order valence-corrected chi connectivity index (χ0v) is 14.7. The van der Waals surface area contributed by atoms with Crippen molar-refractivity contribution in [2.45, 2.75) is 46.1 Å². The summed E-state index contributed by atoms with van der Waals surface area (Å²) in [5, 5.41) is 2.96. The molecule has 0 bridgehead atoms. The molecule has 0 saturated heterocycles. The highest BCUT2D eigenvalue weighted by Crippen LogP contribution is 2.31. The van der Waals surface area contributed by atoms with Gasteiger partial charge in [0, 0.05) is 12.2 Å². The van der Waals surface area contributed by atoms with Gasteiger partial charge in [-0.2, -0.15) is 0 Å². The van der Waals surface area contributed by atoms with Crippen molar-refractivity contribution in [2.24, 2.45) is 0 Å². The van der Waals surface area contributed by atoms with E-state index >= 15 is 0 Å². The zero-order chi connectivity index (χ0) is 17.5. The summed E-state index contributed by atoms with van der Waals surface area (Å²) in [6, 6.07) is 8.88. The number of amides is 2. The molecule has 0 aromatic heterocycles. The van der Waals surface area contributed by atoms with Gasteiger partial charge in [-0.25, -0.2) is 9.59 Å². The van der Waals surface area contributed by atoms with Crippen molar-refractivity contribution in [1.82, 2.24) is 10.2 Å². The van der Waals surface area contributed by atoms with Crippen molar-refractivity contribution in [3.8, 4) is 0 Å². The van der Waals surface area contributed by atoms with Crippen molar-refractivity contribution in [2.75, 3.05) is 13.2 Å². The minimum absolute atomic E-state index is 0.162. The molecule has 0 spiro atoms. The summed E-state index contributed by atoms with van der Waals surface area (Å²) < 4.78 is 5.24. The number of nitrogens with one attached hydrogen (secondary N) is 1. The Morgan fingerprint density at radius 3 is 2.54 bits per heavy atom. The lowest BCUT2D eigenvalue weighted by atomic mass is 9.95. The van der Waals surface area contributed by atoms with Crippen LogP contribution in [0, 0.1) is 0 Å². The maximum Gasteiger partial charge on any atom is 0.338 e. The Labute approximate surface area is 143 Å². The predicted molar refractivity (Wildman–Crippen MR) is 93.3 cm³/mol. The molecule has 1 unspecified atom stereocenters. The topological polar surface area (TPSA) is 58.6 Å². The molecule has 0 fully saturated rings. The number of ether oxygens (including phenoxy) is 1. The Bertz CT molecular complexity index is 610. The number of rotatable bonds is 7. The monoisotopic (exact) mass is 330 g/mol. The van der Waals surface area contributed by atoms with E-state index in [1.54, 1.807) is 11.8 Å². The third-order valence-corrected chi connectivity index (χ3v) is 4.21. The van der Waals surface area contributed by atoms with E-state index in [4.69, 9.17) is 4.74 Å². The molecule has 5 nitrogen and oxygen atoms in total. The molecule has 0 saturated carbocycles. The molecule has 5 heteroatoms. The Morgan fingerprint density at radius 1 is 1.21 bits per heavy atom. The summed E-state index contributed by atoms with van der Waals surface area (Å²) in [7, 11) is 0. The van der Waals surface area contributed by atoms with Crippen molar-refractivity contribution in [3.63, 3.8) is 0 Å². The second-order valence-electron chi connectivity index (χ2n) is 5.87. The van der Waals surface area contributed by atoms with Crippen LogP contribution in [0.3, 0.4) is 0 Å². The van der Waals surface area contributed by atoms with Crippen molar-refractivity contribution in [3.05, 3.63) is 47.2 Å². The summed E-state index contributed by atoms with van der Waals surface area (Å²) >= 11 is 0. The maximum atomic E-state index is 12.5. The summed E-state index contributed by atoms with van der Waals surface area (Å²) in [5.74, 6) is -0.371. The van der Waals surface area contributed by atoms with Crippen molar-refractivity contribution < 1.29 is 14.3 Å². The standard InChI is InChI=1S/C19H26N2O3/c1-4-6-10-13-21-14(3)16(18(22)24-5-2)17(20-19(21)23)15-11-8-7-9-12-15/h7-9,11-12,17H,4-6,10,13H2,1-3H3,(H,20,23). The van der Waals surface area contributed by atoms with Crippen molar-refractivity contribution >= 4 is 12.0 Å². The highest BCUT2D eigenvalue weighted by Gasteiger charge is 2.35. The number of hydrogen-bond acceptors (Lipinski definition) is 3. The Morgan fingerprint density at radius 2 is 1.92 bits per heavy atom. The van der Waals surface area contributed by atoms with E-state index in [0.717, 1.165) is 24.8 Å². The zero-order valence-electron chi connectivity index (χ0n) is 14.7.